The first-order valence-corrected chi connectivity index (χ1v) is 14.2. The Labute approximate surface area is 250 Å². The van der Waals surface area contributed by atoms with Crippen molar-refractivity contribution >= 4 is 5.91 Å². The van der Waals surface area contributed by atoms with E-state index in [0.717, 1.165) is 11.1 Å². The Hall–Kier alpha value is -5.11. The van der Waals surface area contributed by atoms with Crippen molar-refractivity contribution in [2.24, 2.45) is 0 Å². The van der Waals surface area contributed by atoms with E-state index in [4.69, 9.17) is 9.47 Å². The van der Waals surface area contributed by atoms with Gasteiger partial charge in [-0.1, -0.05) is 86.3 Å². The molecule has 0 radical (unpaired) electrons. The van der Waals surface area contributed by atoms with Gasteiger partial charge in [0.15, 0.2) is 11.4 Å². The van der Waals surface area contributed by atoms with Gasteiger partial charge in [0.2, 0.25) is 5.43 Å². The summed E-state index contributed by atoms with van der Waals surface area (Å²) in [5, 5.41) is 1.96. The van der Waals surface area contributed by atoms with Crippen LogP contribution >= 0.6 is 0 Å². The summed E-state index contributed by atoms with van der Waals surface area (Å²) in [6, 6.07) is 24.1. The molecule has 0 saturated carbocycles. The predicted octanol–water partition coefficient (Wildman–Crippen LogP) is 6.24. The van der Waals surface area contributed by atoms with Gasteiger partial charge in [-0.05, 0) is 29.7 Å². The van der Waals surface area contributed by atoms with E-state index in [0.29, 0.717) is 17.7 Å². The van der Waals surface area contributed by atoms with Crippen LogP contribution in [0.5, 0.6) is 11.5 Å². The second kappa shape index (κ2) is 13.2. The summed E-state index contributed by atoms with van der Waals surface area (Å²) < 4.78 is 28.2. The fourth-order valence-electron chi connectivity index (χ4n) is 5.34. The van der Waals surface area contributed by atoms with Crippen molar-refractivity contribution in [2.75, 3.05) is 18.3 Å². The minimum absolute atomic E-state index is 0.0426. The van der Waals surface area contributed by atoms with Gasteiger partial charge in [-0.15, -0.1) is 6.58 Å². The van der Waals surface area contributed by atoms with Gasteiger partial charge in [0.1, 0.15) is 37.5 Å². The number of benzene rings is 3. The van der Waals surface area contributed by atoms with Crippen molar-refractivity contribution < 1.29 is 18.7 Å². The summed E-state index contributed by atoms with van der Waals surface area (Å²) in [7, 11) is 0. The summed E-state index contributed by atoms with van der Waals surface area (Å²) >= 11 is 0. The lowest BCUT2D eigenvalue weighted by molar-refractivity contribution is 0.0622. The van der Waals surface area contributed by atoms with Crippen LogP contribution in [0.25, 0.3) is 0 Å². The second-order valence-electron chi connectivity index (χ2n) is 10.1. The normalized spacial score (nSPS) is 14.0. The van der Waals surface area contributed by atoms with Crippen LogP contribution in [0.3, 0.4) is 0 Å². The lowest BCUT2D eigenvalue weighted by Gasteiger charge is -2.46. The van der Waals surface area contributed by atoms with Crippen molar-refractivity contribution in [3.05, 3.63) is 155 Å². The van der Waals surface area contributed by atoms with Crippen LogP contribution in [0.4, 0.5) is 4.39 Å². The molecule has 0 N–H and O–H groups in total. The largest absolute Gasteiger partial charge is 0.489 e. The van der Waals surface area contributed by atoms with Gasteiger partial charge in [-0.25, -0.2) is 4.39 Å². The summed E-state index contributed by atoms with van der Waals surface area (Å²) in [6.07, 6.45) is 5.52. The zero-order valence-corrected chi connectivity index (χ0v) is 24.1. The molecule has 1 aliphatic rings. The average Bonchev–Trinajstić information content (AvgIpc) is 3.03. The molecule has 1 aliphatic heterocycles. The van der Waals surface area contributed by atoms with E-state index in [-0.39, 0.29) is 43.3 Å². The van der Waals surface area contributed by atoms with E-state index in [1.807, 2.05) is 72.6 Å². The number of ether oxygens (including phenoxy) is 2. The molecule has 3 aromatic carbocycles. The van der Waals surface area contributed by atoms with Crippen molar-refractivity contribution in [2.45, 2.75) is 32.0 Å². The molecule has 0 saturated heterocycles. The van der Waals surface area contributed by atoms with Crippen LogP contribution in [0.1, 0.15) is 46.6 Å². The third-order valence-electron chi connectivity index (χ3n) is 7.43. The number of hydrogen-bond acceptors (Lipinski definition) is 5. The predicted molar refractivity (Wildman–Crippen MR) is 165 cm³/mol. The maximum absolute atomic E-state index is 14.5. The number of fused-ring (bicyclic) bond motifs is 1. The highest BCUT2D eigenvalue weighted by Crippen LogP contribution is 2.38. The fourth-order valence-corrected chi connectivity index (χ4v) is 5.34. The summed E-state index contributed by atoms with van der Waals surface area (Å²) in [6.45, 7) is 10.1. The molecular formula is C35H34FN3O4. The molecule has 2 unspecified atom stereocenters. The van der Waals surface area contributed by atoms with Gasteiger partial charge >= 0.3 is 0 Å². The van der Waals surface area contributed by atoms with Crippen LogP contribution in [0, 0.1) is 5.82 Å². The van der Waals surface area contributed by atoms with E-state index >= 15 is 0 Å². The first-order valence-electron chi connectivity index (χ1n) is 14.2. The fraction of sp³-hybridized carbons (Fsp3) is 0.200. The van der Waals surface area contributed by atoms with Gasteiger partial charge < -0.3 is 14.4 Å². The number of aromatic nitrogens is 1. The van der Waals surface area contributed by atoms with Crippen molar-refractivity contribution in [3.63, 3.8) is 0 Å². The topological polar surface area (TPSA) is 64.0 Å². The Morgan fingerprint density at radius 2 is 1.67 bits per heavy atom. The van der Waals surface area contributed by atoms with E-state index in [1.54, 1.807) is 34.0 Å². The molecule has 1 aromatic heterocycles. The summed E-state index contributed by atoms with van der Waals surface area (Å²) in [5.74, 6) is -0.489. The molecule has 5 rings (SSSR count). The maximum atomic E-state index is 14.5. The van der Waals surface area contributed by atoms with E-state index in [1.165, 1.54) is 18.2 Å². The van der Waals surface area contributed by atoms with Crippen LogP contribution in [-0.2, 0) is 6.61 Å². The second-order valence-corrected chi connectivity index (χ2v) is 10.1. The minimum Gasteiger partial charge on any atom is -0.489 e. The summed E-state index contributed by atoms with van der Waals surface area (Å²) in [5.41, 5.74) is 2.10. The highest BCUT2D eigenvalue weighted by atomic mass is 19.1. The molecule has 0 spiro atoms. The Balaban J connectivity index is 1.72. The zero-order valence-electron chi connectivity index (χ0n) is 24.1. The molecule has 2 heterocycles. The number of carbonyl (C=O) groups is 1. The lowest BCUT2D eigenvalue weighted by Crippen LogP contribution is -2.58. The number of amides is 1. The third-order valence-corrected chi connectivity index (χ3v) is 7.43. The monoisotopic (exact) mass is 579 g/mol. The van der Waals surface area contributed by atoms with Gasteiger partial charge in [-0.2, -0.15) is 0 Å². The number of hydrogen-bond donors (Lipinski definition) is 0. The molecule has 7 nitrogen and oxygen atoms in total. The smallest absolute Gasteiger partial charge is 0.278 e. The van der Waals surface area contributed by atoms with Crippen molar-refractivity contribution in [3.8, 4) is 11.5 Å². The van der Waals surface area contributed by atoms with Crippen LogP contribution in [-0.4, -0.2) is 34.8 Å². The molecule has 2 atom stereocenters. The van der Waals surface area contributed by atoms with Crippen molar-refractivity contribution in [1.29, 1.82) is 0 Å². The molecule has 0 aliphatic carbocycles. The highest BCUT2D eigenvalue weighted by Gasteiger charge is 2.39. The Bertz CT molecular complexity index is 1660. The third kappa shape index (κ3) is 6.09. The summed E-state index contributed by atoms with van der Waals surface area (Å²) in [4.78, 5) is 29.1. The number of nitrogens with zero attached hydrogens (tertiary/aromatic N) is 3. The molecule has 0 fully saturated rings. The zero-order chi connectivity index (χ0) is 30.3. The van der Waals surface area contributed by atoms with Crippen LogP contribution < -0.4 is 19.9 Å². The van der Waals surface area contributed by atoms with E-state index < -0.39 is 17.3 Å². The first-order chi connectivity index (χ1) is 21.0. The number of carbonyl (C=O) groups excluding carboxylic acids is 1. The number of halogens is 1. The van der Waals surface area contributed by atoms with Gasteiger partial charge in [0.25, 0.3) is 5.91 Å². The van der Waals surface area contributed by atoms with Gasteiger partial charge in [0.05, 0.1) is 6.04 Å². The highest BCUT2D eigenvalue weighted by molar-refractivity contribution is 5.96. The SMILES string of the molecule is C=CCOc1cc(F)ccc1C(c1ccccc1)N1CN(C(C=C)CC)C(=O)c2c(OCc3ccccc3)c(=O)ccn21. The molecule has 220 valence electrons. The lowest BCUT2D eigenvalue weighted by atomic mass is 9.96. The molecule has 4 aromatic rings. The standard InChI is InChI=1S/C35H34FN3O4/c1-4-21-42-31-22-27(36)17-18-29(31)32(26-15-11-8-12-16-26)39-24-37(28(5-2)6-3)35(41)33-34(30(40)19-20-38(33)39)43-23-25-13-9-7-10-14-25/h4-5,7-20,22,28,32H,1-2,6,21,23-24H2,3H3. The Morgan fingerprint density at radius 1 is 0.953 bits per heavy atom. The quantitative estimate of drug-likeness (QED) is 0.186. The maximum Gasteiger partial charge on any atom is 0.278 e. The van der Waals surface area contributed by atoms with Crippen LogP contribution in [0.15, 0.2) is 121 Å². The van der Waals surface area contributed by atoms with Crippen LogP contribution in [0.2, 0.25) is 0 Å². The number of rotatable bonds is 12. The minimum atomic E-state index is -0.553. The molecule has 1 amide bonds. The Morgan fingerprint density at radius 3 is 2.35 bits per heavy atom. The Kier molecular flexibility index (Phi) is 9.05. The van der Waals surface area contributed by atoms with E-state index in [9.17, 15) is 14.0 Å². The molecule has 0 bridgehead atoms. The van der Waals surface area contributed by atoms with Gasteiger partial charge in [-0.3, -0.25) is 19.3 Å². The molecule has 43 heavy (non-hydrogen) atoms. The first kappa shape index (κ1) is 29.4. The number of pyridine rings is 1. The van der Waals surface area contributed by atoms with Gasteiger partial charge in [0, 0.05) is 23.9 Å². The molecular weight excluding hydrogens is 545 g/mol. The van der Waals surface area contributed by atoms with E-state index in [2.05, 4.69) is 13.2 Å². The average molecular weight is 580 g/mol. The molecule has 8 heteroatoms. The van der Waals surface area contributed by atoms with Crippen molar-refractivity contribution in [1.82, 2.24) is 9.58 Å².